The molecule has 2 N–H and O–H groups in total. The number of carbonyl (C=O) groups is 1. The molecule has 1 aromatic carbocycles. The Balaban J connectivity index is 0. The standard InChI is InChI=1S/C7H7Br.C4H7NO.K.H/c1-6-2-4-7(8)5-3-6;1-3(2)4(5)6;;/h2-5H,1H3;1H2,2H3,(H2,5,6);;. The minimum atomic E-state index is -0.435. The van der Waals surface area contributed by atoms with Gasteiger partial charge in [-0.2, -0.15) is 0 Å². The van der Waals surface area contributed by atoms with Crippen molar-refractivity contribution in [1.29, 1.82) is 0 Å². The van der Waals surface area contributed by atoms with Crippen molar-refractivity contribution in [2.45, 2.75) is 13.8 Å². The molecular formula is C11H15BrKNO. The van der Waals surface area contributed by atoms with Gasteiger partial charge in [-0.1, -0.05) is 40.2 Å². The molecule has 1 amide bonds. The first-order valence-electron chi connectivity index (χ1n) is 4.11. The normalized spacial score (nSPS) is 7.93. The van der Waals surface area contributed by atoms with Crippen molar-refractivity contribution in [1.82, 2.24) is 0 Å². The van der Waals surface area contributed by atoms with E-state index in [0.717, 1.165) is 4.47 Å². The van der Waals surface area contributed by atoms with Gasteiger partial charge in [0.15, 0.2) is 0 Å². The van der Waals surface area contributed by atoms with Crippen LogP contribution in [0.3, 0.4) is 0 Å². The molecule has 0 atom stereocenters. The van der Waals surface area contributed by atoms with E-state index in [2.05, 4.69) is 41.6 Å². The van der Waals surface area contributed by atoms with Gasteiger partial charge in [0.2, 0.25) is 5.91 Å². The molecular weight excluding hydrogens is 281 g/mol. The topological polar surface area (TPSA) is 43.1 Å². The second-order valence-electron chi connectivity index (χ2n) is 2.94. The Labute approximate surface area is 142 Å². The molecule has 0 radical (unpaired) electrons. The van der Waals surface area contributed by atoms with E-state index in [1.54, 1.807) is 6.92 Å². The van der Waals surface area contributed by atoms with Crippen LogP contribution >= 0.6 is 15.9 Å². The second-order valence-corrected chi connectivity index (χ2v) is 3.86. The van der Waals surface area contributed by atoms with E-state index in [1.807, 2.05) is 12.1 Å². The number of hydrogen-bond acceptors (Lipinski definition) is 1. The number of nitrogens with two attached hydrogens (primary N) is 1. The summed E-state index contributed by atoms with van der Waals surface area (Å²) >= 11 is 3.35. The average molecular weight is 296 g/mol. The molecule has 2 nitrogen and oxygen atoms in total. The predicted octanol–water partition coefficient (Wildman–Crippen LogP) is 2.16. The van der Waals surface area contributed by atoms with Crippen LogP contribution in [0.1, 0.15) is 12.5 Å². The first-order chi connectivity index (χ1) is 6.43. The van der Waals surface area contributed by atoms with Crippen molar-refractivity contribution in [2.24, 2.45) is 5.73 Å². The van der Waals surface area contributed by atoms with E-state index >= 15 is 0 Å². The average Bonchev–Trinajstić information content (AvgIpc) is 2.11. The molecule has 0 spiro atoms. The number of primary amides is 1. The maximum absolute atomic E-state index is 9.82. The van der Waals surface area contributed by atoms with Crippen LogP contribution in [0.5, 0.6) is 0 Å². The molecule has 0 saturated heterocycles. The molecule has 0 unspecified atom stereocenters. The molecule has 78 valence electrons. The van der Waals surface area contributed by atoms with E-state index in [1.165, 1.54) is 5.56 Å². The third kappa shape index (κ3) is 10.8. The van der Waals surface area contributed by atoms with E-state index in [-0.39, 0.29) is 51.4 Å². The van der Waals surface area contributed by atoms with E-state index in [4.69, 9.17) is 5.73 Å². The number of hydrogen-bond donors (Lipinski definition) is 1. The molecule has 0 bridgehead atoms. The molecule has 1 aromatic rings. The van der Waals surface area contributed by atoms with Crippen molar-refractivity contribution in [2.75, 3.05) is 0 Å². The fourth-order valence-corrected chi connectivity index (χ4v) is 0.798. The quantitative estimate of drug-likeness (QED) is 0.626. The van der Waals surface area contributed by atoms with Crippen LogP contribution in [0.2, 0.25) is 0 Å². The Hall–Kier alpha value is 0.546. The van der Waals surface area contributed by atoms with Crippen LogP contribution in [0.4, 0.5) is 0 Å². The molecule has 1 rings (SSSR count). The summed E-state index contributed by atoms with van der Waals surface area (Å²) < 4.78 is 1.14. The van der Waals surface area contributed by atoms with Gasteiger partial charge >= 0.3 is 51.4 Å². The van der Waals surface area contributed by atoms with Crippen LogP contribution in [0.25, 0.3) is 0 Å². The SMILES string of the molecule is C=C(C)C(N)=O.Cc1ccc(Br)cc1.[KH]. The zero-order chi connectivity index (χ0) is 11.1. The van der Waals surface area contributed by atoms with Gasteiger partial charge in [0, 0.05) is 10.0 Å². The first kappa shape index (κ1) is 17.9. The molecule has 0 aromatic heterocycles. The summed E-state index contributed by atoms with van der Waals surface area (Å²) in [6, 6.07) is 8.22. The summed E-state index contributed by atoms with van der Waals surface area (Å²) in [5.74, 6) is -0.435. The fraction of sp³-hybridized carbons (Fsp3) is 0.182. The second kappa shape index (κ2) is 9.75. The van der Waals surface area contributed by atoms with Gasteiger partial charge in [-0.15, -0.1) is 0 Å². The Morgan fingerprint density at radius 3 is 1.87 bits per heavy atom. The summed E-state index contributed by atoms with van der Waals surface area (Å²) in [6.07, 6.45) is 0. The first-order valence-corrected chi connectivity index (χ1v) is 4.90. The van der Waals surface area contributed by atoms with Crippen molar-refractivity contribution in [3.63, 3.8) is 0 Å². The van der Waals surface area contributed by atoms with E-state index in [9.17, 15) is 4.79 Å². The maximum atomic E-state index is 9.82. The van der Waals surface area contributed by atoms with Crippen LogP contribution in [-0.4, -0.2) is 57.3 Å². The third-order valence-corrected chi connectivity index (χ3v) is 1.96. The van der Waals surface area contributed by atoms with Gasteiger partial charge in [0.25, 0.3) is 0 Å². The van der Waals surface area contributed by atoms with Crippen LogP contribution in [0, 0.1) is 6.92 Å². The molecule has 0 fully saturated rings. The van der Waals surface area contributed by atoms with Crippen LogP contribution in [-0.2, 0) is 4.79 Å². The number of benzene rings is 1. The van der Waals surface area contributed by atoms with Gasteiger partial charge in [-0.3, -0.25) is 4.79 Å². The number of halogens is 1. The summed E-state index contributed by atoms with van der Waals surface area (Å²) in [7, 11) is 0. The van der Waals surface area contributed by atoms with Crippen LogP contribution < -0.4 is 5.73 Å². The zero-order valence-corrected chi connectivity index (χ0v) is 9.97. The van der Waals surface area contributed by atoms with Gasteiger partial charge in [-0.25, -0.2) is 0 Å². The van der Waals surface area contributed by atoms with Gasteiger partial charge < -0.3 is 5.73 Å². The zero-order valence-electron chi connectivity index (χ0n) is 8.38. The minimum absolute atomic E-state index is 0. The van der Waals surface area contributed by atoms with Crippen LogP contribution in [0.15, 0.2) is 40.9 Å². The summed E-state index contributed by atoms with van der Waals surface area (Å²) in [6.45, 7) is 6.93. The molecule has 15 heavy (non-hydrogen) atoms. The van der Waals surface area contributed by atoms with Crippen molar-refractivity contribution in [3.8, 4) is 0 Å². The molecule has 0 heterocycles. The Bertz CT molecular complexity index is 289. The van der Waals surface area contributed by atoms with Gasteiger partial charge in [-0.05, 0) is 26.0 Å². The van der Waals surface area contributed by atoms with Gasteiger partial charge in [0.05, 0.1) is 0 Å². The third-order valence-electron chi connectivity index (χ3n) is 1.43. The summed E-state index contributed by atoms with van der Waals surface area (Å²) in [5, 5.41) is 0. The Morgan fingerprint density at radius 1 is 1.33 bits per heavy atom. The number of aryl methyl sites for hydroxylation is 1. The summed E-state index contributed by atoms with van der Waals surface area (Å²) in [5.41, 5.74) is 6.39. The predicted molar refractivity (Wildman–Crippen MR) is 70.0 cm³/mol. The Morgan fingerprint density at radius 2 is 1.67 bits per heavy atom. The molecule has 0 aliphatic rings. The van der Waals surface area contributed by atoms with Crippen molar-refractivity contribution >= 4 is 73.2 Å². The fourth-order valence-electron chi connectivity index (χ4n) is 0.533. The van der Waals surface area contributed by atoms with Gasteiger partial charge in [0.1, 0.15) is 0 Å². The van der Waals surface area contributed by atoms with Crippen molar-refractivity contribution in [3.05, 3.63) is 46.5 Å². The molecule has 0 aliphatic heterocycles. The molecule has 4 heteroatoms. The van der Waals surface area contributed by atoms with Crippen molar-refractivity contribution < 1.29 is 4.79 Å². The van der Waals surface area contributed by atoms with E-state index in [0.29, 0.717) is 5.57 Å². The Kier molecular flexibility index (Phi) is 11.7. The monoisotopic (exact) mass is 295 g/mol. The number of carbonyl (C=O) groups excluding carboxylic acids is 1. The number of rotatable bonds is 1. The number of amides is 1. The summed E-state index contributed by atoms with van der Waals surface area (Å²) in [4.78, 5) is 9.82. The molecule has 0 saturated carbocycles. The van der Waals surface area contributed by atoms with E-state index < -0.39 is 5.91 Å². The molecule has 0 aliphatic carbocycles.